The van der Waals surface area contributed by atoms with Crippen LogP contribution in [0.4, 0.5) is 4.79 Å². The Morgan fingerprint density at radius 1 is 1.40 bits per heavy atom. The van der Waals surface area contributed by atoms with Gasteiger partial charge in [-0.1, -0.05) is 6.92 Å². The molecule has 1 N–H and O–H groups in total. The maximum atomic E-state index is 12.6. The van der Waals surface area contributed by atoms with E-state index in [1.165, 1.54) is 0 Å². The van der Waals surface area contributed by atoms with Crippen LogP contribution in [0.25, 0.3) is 0 Å². The van der Waals surface area contributed by atoms with Crippen molar-refractivity contribution in [3.63, 3.8) is 0 Å². The van der Waals surface area contributed by atoms with Gasteiger partial charge in [0.2, 0.25) is 0 Å². The van der Waals surface area contributed by atoms with Crippen LogP contribution in [0.2, 0.25) is 0 Å². The van der Waals surface area contributed by atoms with Gasteiger partial charge < -0.3 is 14.6 Å². The van der Waals surface area contributed by atoms with Gasteiger partial charge in [-0.25, -0.2) is 4.79 Å². The number of rotatable bonds is 7. The fourth-order valence-electron chi connectivity index (χ4n) is 3.07. The summed E-state index contributed by atoms with van der Waals surface area (Å²) in [7, 11) is 0. The van der Waals surface area contributed by atoms with Gasteiger partial charge in [0, 0.05) is 24.8 Å². The molecule has 6 nitrogen and oxygen atoms in total. The van der Waals surface area contributed by atoms with Crippen LogP contribution in [-0.2, 0) is 13.1 Å². The van der Waals surface area contributed by atoms with Gasteiger partial charge in [-0.15, -0.1) is 0 Å². The molecule has 1 aliphatic rings. The molecule has 0 aliphatic heterocycles. The molecule has 2 amide bonds. The van der Waals surface area contributed by atoms with Crippen molar-refractivity contribution < 1.29 is 9.21 Å². The van der Waals surface area contributed by atoms with Crippen LogP contribution in [-0.4, -0.2) is 33.3 Å². The molecule has 6 heteroatoms. The number of nitrogens with one attached hydrogen (secondary N) is 1. The van der Waals surface area contributed by atoms with Gasteiger partial charge in [0.05, 0.1) is 12.2 Å². The summed E-state index contributed by atoms with van der Waals surface area (Å²) < 4.78 is 7.64. The highest BCUT2D eigenvalue weighted by atomic mass is 16.3. The minimum absolute atomic E-state index is 0.00299. The van der Waals surface area contributed by atoms with Crippen molar-refractivity contribution >= 4 is 6.03 Å². The van der Waals surface area contributed by atoms with E-state index >= 15 is 0 Å². The van der Waals surface area contributed by atoms with Crippen molar-refractivity contribution in [2.24, 2.45) is 5.92 Å². The number of nitrogens with zero attached hydrogens (tertiary/aromatic N) is 3. The zero-order valence-electron chi connectivity index (χ0n) is 15.6. The third kappa shape index (κ3) is 4.65. The summed E-state index contributed by atoms with van der Waals surface area (Å²) >= 11 is 0. The van der Waals surface area contributed by atoms with Crippen molar-refractivity contribution in [2.45, 2.75) is 59.7 Å². The first-order valence-electron chi connectivity index (χ1n) is 9.03. The monoisotopic (exact) mass is 344 g/mol. The second-order valence-corrected chi connectivity index (χ2v) is 7.27. The summed E-state index contributed by atoms with van der Waals surface area (Å²) in [6.45, 7) is 10.1. The summed E-state index contributed by atoms with van der Waals surface area (Å²) in [4.78, 5) is 14.5. The van der Waals surface area contributed by atoms with Crippen LogP contribution in [0, 0.1) is 26.7 Å². The molecule has 1 fully saturated rings. The fourth-order valence-corrected chi connectivity index (χ4v) is 3.07. The van der Waals surface area contributed by atoms with Gasteiger partial charge in [-0.2, -0.15) is 5.10 Å². The highest BCUT2D eigenvalue weighted by molar-refractivity contribution is 5.74. The third-order valence-corrected chi connectivity index (χ3v) is 4.56. The minimum atomic E-state index is -0.00299. The van der Waals surface area contributed by atoms with Crippen molar-refractivity contribution in [3.05, 3.63) is 41.1 Å². The first kappa shape index (κ1) is 17.6. The smallest absolute Gasteiger partial charge is 0.318 e. The van der Waals surface area contributed by atoms with E-state index in [1.807, 2.05) is 35.6 Å². The molecular formula is C19H28N4O2. The molecule has 2 heterocycles. The molecule has 1 unspecified atom stereocenters. The van der Waals surface area contributed by atoms with Crippen LogP contribution in [0.5, 0.6) is 0 Å². The van der Waals surface area contributed by atoms with E-state index in [0.717, 1.165) is 42.3 Å². The quantitative estimate of drug-likeness (QED) is 0.837. The van der Waals surface area contributed by atoms with Gasteiger partial charge in [-0.05, 0) is 57.7 Å². The highest BCUT2D eigenvalue weighted by Gasteiger charge is 2.33. The summed E-state index contributed by atoms with van der Waals surface area (Å²) in [5.41, 5.74) is 2.19. The largest absolute Gasteiger partial charge is 0.464 e. The molecule has 0 aromatic carbocycles. The average Bonchev–Trinajstić information content (AvgIpc) is 3.24. The Kier molecular flexibility index (Phi) is 5.16. The molecule has 2 aromatic heterocycles. The highest BCUT2D eigenvalue weighted by Crippen LogP contribution is 2.28. The Balaban J connectivity index is 1.52. The number of urea groups is 1. The first-order valence-corrected chi connectivity index (χ1v) is 9.03. The Hall–Kier alpha value is -2.24. The van der Waals surface area contributed by atoms with E-state index in [9.17, 15) is 4.79 Å². The van der Waals surface area contributed by atoms with Crippen LogP contribution < -0.4 is 5.32 Å². The molecule has 136 valence electrons. The molecule has 1 saturated carbocycles. The molecule has 0 bridgehead atoms. The lowest BCUT2D eigenvalue weighted by Crippen LogP contribution is -2.42. The molecule has 1 aliphatic carbocycles. The van der Waals surface area contributed by atoms with Crippen molar-refractivity contribution in [1.29, 1.82) is 0 Å². The third-order valence-electron chi connectivity index (χ3n) is 4.56. The first-order chi connectivity index (χ1) is 11.9. The minimum Gasteiger partial charge on any atom is -0.464 e. The number of carbonyl (C=O) groups is 1. The Morgan fingerprint density at radius 2 is 2.16 bits per heavy atom. The molecule has 2 aromatic rings. The number of hydrogen-bond acceptors (Lipinski definition) is 3. The van der Waals surface area contributed by atoms with E-state index < -0.39 is 0 Å². The van der Waals surface area contributed by atoms with E-state index in [-0.39, 0.29) is 6.03 Å². The number of amides is 2. The maximum Gasteiger partial charge on any atom is 0.318 e. The lowest BCUT2D eigenvalue weighted by Gasteiger charge is -2.23. The van der Waals surface area contributed by atoms with Crippen LogP contribution in [0.15, 0.2) is 22.6 Å². The van der Waals surface area contributed by atoms with Crippen molar-refractivity contribution in [2.75, 3.05) is 6.54 Å². The summed E-state index contributed by atoms with van der Waals surface area (Å²) in [6.07, 6.45) is 2.16. The Bertz CT molecular complexity index is 730. The van der Waals surface area contributed by atoms with Crippen LogP contribution in [0.3, 0.4) is 0 Å². The van der Waals surface area contributed by atoms with Crippen molar-refractivity contribution in [3.8, 4) is 0 Å². The number of furan rings is 1. The Morgan fingerprint density at radius 3 is 2.72 bits per heavy atom. The van der Waals surface area contributed by atoms with E-state index in [0.29, 0.717) is 25.0 Å². The zero-order valence-corrected chi connectivity index (χ0v) is 15.6. The second-order valence-electron chi connectivity index (χ2n) is 7.27. The Labute approximate surface area is 149 Å². The van der Waals surface area contributed by atoms with Crippen LogP contribution >= 0.6 is 0 Å². The molecule has 0 spiro atoms. The number of aryl methyl sites for hydroxylation is 3. The lowest BCUT2D eigenvalue weighted by molar-refractivity contribution is 0.184. The topological polar surface area (TPSA) is 63.3 Å². The van der Waals surface area contributed by atoms with E-state index in [2.05, 4.69) is 30.3 Å². The number of aromatic nitrogens is 2. The molecule has 3 rings (SSSR count). The summed E-state index contributed by atoms with van der Waals surface area (Å²) in [5, 5.41) is 7.57. The molecule has 25 heavy (non-hydrogen) atoms. The SMILES string of the molecule is Cc1cc(C)n(CC(C)CNC(=O)N(Cc2ccc(C)o2)C2CC2)n1. The maximum absolute atomic E-state index is 12.6. The van der Waals surface area contributed by atoms with Crippen molar-refractivity contribution in [1.82, 2.24) is 20.0 Å². The zero-order chi connectivity index (χ0) is 18.0. The van der Waals surface area contributed by atoms with E-state index in [1.54, 1.807) is 0 Å². The van der Waals surface area contributed by atoms with Gasteiger partial charge in [-0.3, -0.25) is 4.68 Å². The van der Waals surface area contributed by atoms with E-state index in [4.69, 9.17) is 4.42 Å². The van der Waals surface area contributed by atoms with Gasteiger partial charge in [0.15, 0.2) is 0 Å². The normalized spacial score (nSPS) is 15.2. The predicted molar refractivity (Wildman–Crippen MR) is 96.3 cm³/mol. The second kappa shape index (κ2) is 7.33. The van der Waals surface area contributed by atoms with Gasteiger partial charge in [0.1, 0.15) is 11.5 Å². The van der Waals surface area contributed by atoms with Gasteiger partial charge >= 0.3 is 6.03 Å². The summed E-state index contributed by atoms with van der Waals surface area (Å²) in [5.74, 6) is 2.04. The molecule has 0 saturated heterocycles. The standard InChI is InChI=1S/C19H28N4O2/c1-13(11-23-15(3)9-14(2)21-23)10-20-19(24)22(17-6-7-17)12-18-8-5-16(4)25-18/h5,8-9,13,17H,6-7,10-12H2,1-4H3,(H,20,24). The number of hydrogen-bond donors (Lipinski definition) is 1. The molecular weight excluding hydrogens is 316 g/mol. The average molecular weight is 344 g/mol. The predicted octanol–water partition coefficient (Wildman–Crippen LogP) is 3.41. The lowest BCUT2D eigenvalue weighted by atomic mass is 10.2. The molecule has 0 radical (unpaired) electrons. The van der Waals surface area contributed by atoms with Gasteiger partial charge in [0.25, 0.3) is 0 Å². The molecule has 1 atom stereocenters. The number of carbonyl (C=O) groups excluding carboxylic acids is 1. The fraction of sp³-hybridized carbons (Fsp3) is 0.579. The van der Waals surface area contributed by atoms with Crippen LogP contribution in [0.1, 0.15) is 42.7 Å². The summed E-state index contributed by atoms with van der Waals surface area (Å²) in [6, 6.07) is 6.30.